The lowest BCUT2D eigenvalue weighted by atomic mass is 10.1. The molecule has 1 atom stereocenters. The number of phenolic OH excluding ortho intramolecular Hbond substituents is 1. The molecule has 0 aliphatic heterocycles. The highest BCUT2D eigenvalue weighted by Crippen LogP contribution is 2.09. The lowest BCUT2D eigenvalue weighted by Gasteiger charge is -2.09. The van der Waals surface area contributed by atoms with Gasteiger partial charge in [0.25, 0.3) is 0 Å². The molecule has 0 heterocycles. The molecular weight excluding hydrogens is 216 g/mol. The number of carbonyl (C=O) groups is 1. The molecule has 0 saturated heterocycles. The number of hydrogen-bond donors (Lipinski definition) is 3. The van der Waals surface area contributed by atoms with Gasteiger partial charge >= 0.3 is 0 Å². The Labute approximate surface area is 102 Å². The maximum atomic E-state index is 11.4. The van der Waals surface area contributed by atoms with E-state index in [4.69, 9.17) is 10.8 Å². The van der Waals surface area contributed by atoms with Gasteiger partial charge in [-0.15, -0.1) is 0 Å². The van der Waals surface area contributed by atoms with Crippen LogP contribution in [0.25, 0.3) is 0 Å². The van der Waals surface area contributed by atoms with E-state index >= 15 is 0 Å². The molecule has 4 N–H and O–H groups in total. The number of phenols is 1. The summed E-state index contributed by atoms with van der Waals surface area (Å²) in [6.07, 6.45) is 1.95. The minimum absolute atomic E-state index is 0.00173. The molecule has 0 aliphatic carbocycles. The summed E-state index contributed by atoms with van der Waals surface area (Å²) in [7, 11) is 0. The highest BCUT2D eigenvalue weighted by molar-refractivity contribution is 5.76. The zero-order valence-corrected chi connectivity index (χ0v) is 10.1. The highest BCUT2D eigenvalue weighted by Gasteiger charge is 2.06. The van der Waals surface area contributed by atoms with E-state index in [9.17, 15) is 4.79 Å². The summed E-state index contributed by atoms with van der Waals surface area (Å²) in [5.74, 6) is 0.254. The maximum absolute atomic E-state index is 11.4. The molecule has 94 valence electrons. The van der Waals surface area contributed by atoms with Gasteiger partial charge in [0.2, 0.25) is 5.91 Å². The van der Waals surface area contributed by atoms with Gasteiger partial charge in [-0.3, -0.25) is 4.79 Å². The topological polar surface area (TPSA) is 75.4 Å². The molecule has 0 aliphatic rings. The predicted molar refractivity (Wildman–Crippen MR) is 67.7 cm³/mol. The van der Waals surface area contributed by atoms with Gasteiger partial charge in [0.05, 0.1) is 0 Å². The summed E-state index contributed by atoms with van der Waals surface area (Å²) in [6, 6.07) is 6.93. The number of hydrogen-bond acceptors (Lipinski definition) is 3. The second kappa shape index (κ2) is 6.91. The van der Waals surface area contributed by atoms with Crippen LogP contribution in [-0.4, -0.2) is 23.6 Å². The average molecular weight is 236 g/mol. The van der Waals surface area contributed by atoms with Gasteiger partial charge in [-0.2, -0.15) is 0 Å². The van der Waals surface area contributed by atoms with Crippen LogP contribution < -0.4 is 11.1 Å². The quantitative estimate of drug-likeness (QED) is 0.694. The molecule has 1 rings (SSSR count). The van der Waals surface area contributed by atoms with E-state index in [1.165, 1.54) is 0 Å². The Kier molecular flexibility index (Phi) is 5.49. The molecule has 1 amide bonds. The minimum atomic E-state index is -0.0522. The van der Waals surface area contributed by atoms with Crippen LogP contribution in [0.4, 0.5) is 0 Å². The van der Waals surface area contributed by atoms with Gasteiger partial charge in [-0.25, -0.2) is 0 Å². The molecule has 0 fully saturated rings. The number of aromatic hydroxyl groups is 1. The molecule has 1 unspecified atom stereocenters. The fourth-order valence-electron chi connectivity index (χ4n) is 1.46. The number of benzene rings is 1. The van der Waals surface area contributed by atoms with Crippen molar-refractivity contribution in [2.24, 2.45) is 5.73 Å². The van der Waals surface area contributed by atoms with Gasteiger partial charge < -0.3 is 16.2 Å². The second-order valence-electron chi connectivity index (χ2n) is 4.14. The van der Waals surface area contributed by atoms with Crippen molar-refractivity contribution in [3.8, 4) is 5.75 Å². The Morgan fingerprint density at radius 1 is 1.41 bits per heavy atom. The van der Waals surface area contributed by atoms with Crippen LogP contribution in [0.1, 0.15) is 25.3 Å². The molecule has 0 spiro atoms. The van der Waals surface area contributed by atoms with Crippen LogP contribution in [0.3, 0.4) is 0 Å². The monoisotopic (exact) mass is 236 g/mol. The highest BCUT2D eigenvalue weighted by atomic mass is 16.3. The van der Waals surface area contributed by atoms with Gasteiger partial charge in [0.1, 0.15) is 5.75 Å². The molecule has 1 aromatic rings. The molecule has 0 aromatic heterocycles. The SMILES string of the molecule is CCC(N)CC(=O)NCCc1ccc(O)cc1. The van der Waals surface area contributed by atoms with Crippen LogP contribution >= 0.6 is 0 Å². The Morgan fingerprint density at radius 2 is 2.06 bits per heavy atom. The fraction of sp³-hybridized carbons (Fsp3) is 0.462. The van der Waals surface area contributed by atoms with E-state index < -0.39 is 0 Å². The van der Waals surface area contributed by atoms with Crippen molar-refractivity contribution in [3.63, 3.8) is 0 Å². The van der Waals surface area contributed by atoms with Gasteiger partial charge in [0.15, 0.2) is 0 Å². The Bertz CT molecular complexity index is 349. The molecular formula is C13H20N2O2. The first-order valence-corrected chi connectivity index (χ1v) is 5.92. The molecule has 17 heavy (non-hydrogen) atoms. The molecule has 0 radical (unpaired) electrons. The summed E-state index contributed by atoms with van der Waals surface area (Å²) in [5, 5.41) is 11.9. The Morgan fingerprint density at radius 3 is 2.65 bits per heavy atom. The van der Waals surface area contributed by atoms with Crippen molar-refractivity contribution in [2.75, 3.05) is 6.54 Å². The molecule has 4 nitrogen and oxygen atoms in total. The van der Waals surface area contributed by atoms with Crippen molar-refractivity contribution in [1.29, 1.82) is 0 Å². The van der Waals surface area contributed by atoms with Crippen LogP contribution in [0.2, 0.25) is 0 Å². The molecule has 4 heteroatoms. The fourth-order valence-corrected chi connectivity index (χ4v) is 1.46. The summed E-state index contributed by atoms with van der Waals surface area (Å²) >= 11 is 0. The first kappa shape index (κ1) is 13.5. The van der Waals surface area contributed by atoms with Gasteiger partial charge in [0, 0.05) is 19.0 Å². The Balaban J connectivity index is 2.23. The third-order valence-corrected chi connectivity index (χ3v) is 2.64. The number of nitrogens with two attached hydrogens (primary N) is 1. The standard InChI is InChI=1S/C13H20N2O2/c1-2-11(14)9-13(17)15-8-7-10-3-5-12(16)6-4-10/h3-6,11,16H,2,7-9,14H2,1H3,(H,15,17). The average Bonchev–Trinajstić information content (AvgIpc) is 2.31. The lowest BCUT2D eigenvalue weighted by molar-refractivity contribution is -0.121. The third kappa shape index (κ3) is 5.36. The zero-order valence-electron chi connectivity index (χ0n) is 10.1. The normalized spacial score (nSPS) is 12.1. The summed E-state index contributed by atoms with van der Waals surface area (Å²) in [5.41, 5.74) is 6.77. The van der Waals surface area contributed by atoms with E-state index in [1.807, 2.05) is 19.1 Å². The largest absolute Gasteiger partial charge is 0.508 e. The number of carbonyl (C=O) groups excluding carboxylic acids is 1. The van der Waals surface area contributed by atoms with E-state index in [2.05, 4.69) is 5.32 Å². The summed E-state index contributed by atoms with van der Waals surface area (Å²) < 4.78 is 0. The molecule has 0 saturated carbocycles. The second-order valence-corrected chi connectivity index (χ2v) is 4.14. The molecule has 1 aromatic carbocycles. The van der Waals surface area contributed by atoms with E-state index in [0.29, 0.717) is 13.0 Å². The van der Waals surface area contributed by atoms with E-state index in [0.717, 1.165) is 18.4 Å². The van der Waals surface area contributed by atoms with Gasteiger partial charge in [-0.05, 0) is 30.5 Å². The minimum Gasteiger partial charge on any atom is -0.508 e. The van der Waals surface area contributed by atoms with Crippen molar-refractivity contribution >= 4 is 5.91 Å². The van der Waals surface area contributed by atoms with Crippen LogP contribution in [0.15, 0.2) is 24.3 Å². The predicted octanol–water partition coefficient (Wildman–Crippen LogP) is 1.18. The zero-order chi connectivity index (χ0) is 12.7. The van der Waals surface area contributed by atoms with Crippen molar-refractivity contribution in [1.82, 2.24) is 5.32 Å². The van der Waals surface area contributed by atoms with Crippen LogP contribution in [0, 0.1) is 0 Å². The summed E-state index contributed by atoms with van der Waals surface area (Å²) in [6.45, 7) is 2.56. The van der Waals surface area contributed by atoms with E-state index in [1.54, 1.807) is 12.1 Å². The number of amides is 1. The first-order chi connectivity index (χ1) is 8.11. The summed E-state index contributed by atoms with van der Waals surface area (Å²) in [4.78, 5) is 11.4. The van der Waals surface area contributed by atoms with Gasteiger partial charge in [-0.1, -0.05) is 19.1 Å². The number of nitrogens with one attached hydrogen (secondary N) is 1. The number of rotatable bonds is 6. The van der Waals surface area contributed by atoms with Crippen LogP contribution in [-0.2, 0) is 11.2 Å². The Hall–Kier alpha value is -1.55. The van der Waals surface area contributed by atoms with Crippen molar-refractivity contribution in [2.45, 2.75) is 32.2 Å². The smallest absolute Gasteiger partial charge is 0.221 e. The van der Waals surface area contributed by atoms with Crippen molar-refractivity contribution < 1.29 is 9.90 Å². The van der Waals surface area contributed by atoms with E-state index in [-0.39, 0.29) is 17.7 Å². The maximum Gasteiger partial charge on any atom is 0.221 e. The van der Waals surface area contributed by atoms with Crippen molar-refractivity contribution in [3.05, 3.63) is 29.8 Å². The molecule has 0 bridgehead atoms. The lowest BCUT2D eigenvalue weighted by Crippen LogP contribution is -2.32. The third-order valence-electron chi connectivity index (χ3n) is 2.64. The first-order valence-electron chi connectivity index (χ1n) is 5.92. The van der Waals surface area contributed by atoms with Crippen LogP contribution in [0.5, 0.6) is 5.75 Å².